The Balaban J connectivity index is 0.000000360. The van der Waals surface area contributed by atoms with Crippen molar-refractivity contribution in [3.05, 3.63) is 0 Å². The summed E-state index contributed by atoms with van der Waals surface area (Å²) < 4.78 is 22.8. The molecule has 1 aliphatic rings. The molecule has 0 heterocycles. The maximum atomic E-state index is 11.4. The van der Waals surface area contributed by atoms with E-state index in [-0.39, 0.29) is 18.8 Å². The van der Waals surface area contributed by atoms with Crippen LogP contribution in [0.2, 0.25) is 0 Å². The van der Waals surface area contributed by atoms with Crippen LogP contribution in [0.1, 0.15) is 6.42 Å². The van der Waals surface area contributed by atoms with Crippen LogP contribution in [-0.4, -0.2) is 12.0 Å². The van der Waals surface area contributed by atoms with Crippen LogP contribution in [0.3, 0.4) is 0 Å². The van der Waals surface area contributed by atoms with Gasteiger partial charge in [0.25, 0.3) is 5.92 Å². The molecule has 0 spiro atoms. The molecule has 7 heavy (non-hydrogen) atoms. The van der Waals surface area contributed by atoms with Crippen molar-refractivity contribution in [2.45, 2.75) is 18.4 Å². The second-order valence-corrected chi connectivity index (χ2v) is 1.57. The number of hydrogen-bond acceptors (Lipinski definition) is 1. The Labute approximate surface area is 46.3 Å². The summed E-state index contributed by atoms with van der Waals surface area (Å²) in [5.41, 5.74) is 4.75. The molecule has 2 N–H and O–H groups in total. The summed E-state index contributed by atoms with van der Waals surface area (Å²) in [7, 11) is 0. The normalized spacial score (nSPS) is 33.9. The molecule has 4 heteroatoms. The molecule has 0 aromatic carbocycles. The third-order valence-electron chi connectivity index (χ3n) is 0.874. The Morgan fingerprint density at radius 1 is 1.57 bits per heavy atom. The predicted molar refractivity (Wildman–Crippen MR) is 24.8 cm³/mol. The maximum absolute atomic E-state index is 11.4. The van der Waals surface area contributed by atoms with Crippen molar-refractivity contribution >= 4 is 12.4 Å². The SMILES string of the molecule is Cl.NC1CC1(F)F. The minimum Gasteiger partial charge on any atom is -0.322 e. The van der Waals surface area contributed by atoms with Gasteiger partial charge in [-0.15, -0.1) is 12.4 Å². The topological polar surface area (TPSA) is 26.0 Å². The Morgan fingerprint density at radius 3 is 1.71 bits per heavy atom. The van der Waals surface area contributed by atoms with Crippen LogP contribution in [0.5, 0.6) is 0 Å². The Hall–Kier alpha value is 0.110. The van der Waals surface area contributed by atoms with E-state index in [1.165, 1.54) is 0 Å². The molecule has 0 aromatic heterocycles. The number of nitrogens with two attached hydrogens (primary N) is 1. The van der Waals surface area contributed by atoms with Gasteiger partial charge in [-0.2, -0.15) is 0 Å². The lowest BCUT2D eigenvalue weighted by Crippen LogP contribution is -2.08. The van der Waals surface area contributed by atoms with E-state index in [1.807, 2.05) is 0 Å². The Morgan fingerprint density at radius 2 is 1.71 bits per heavy atom. The Kier molecular flexibility index (Phi) is 1.59. The molecule has 1 rings (SSSR count). The van der Waals surface area contributed by atoms with Crippen LogP contribution >= 0.6 is 12.4 Å². The van der Waals surface area contributed by atoms with E-state index >= 15 is 0 Å². The van der Waals surface area contributed by atoms with E-state index in [0.717, 1.165) is 0 Å². The highest BCUT2D eigenvalue weighted by molar-refractivity contribution is 5.85. The molecule has 1 nitrogen and oxygen atoms in total. The molecule has 0 aliphatic heterocycles. The summed E-state index contributed by atoms with van der Waals surface area (Å²) >= 11 is 0. The van der Waals surface area contributed by atoms with E-state index < -0.39 is 12.0 Å². The van der Waals surface area contributed by atoms with E-state index in [0.29, 0.717) is 0 Å². The molecule has 1 aliphatic carbocycles. The number of alkyl halides is 2. The average Bonchev–Trinajstić information content (AvgIpc) is 1.73. The Bertz CT molecular complexity index is 75.3. The summed E-state index contributed by atoms with van der Waals surface area (Å²) in [4.78, 5) is 0. The second kappa shape index (κ2) is 1.56. The number of hydrogen-bond donors (Lipinski definition) is 1. The van der Waals surface area contributed by atoms with Crippen molar-refractivity contribution in [1.82, 2.24) is 0 Å². The monoisotopic (exact) mass is 129 g/mol. The lowest BCUT2D eigenvalue weighted by atomic mass is 10.7. The highest BCUT2D eigenvalue weighted by atomic mass is 35.5. The van der Waals surface area contributed by atoms with E-state index in [9.17, 15) is 8.78 Å². The molecule has 1 atom stereocenters. The fraction of sp³-hybridized carbons (Fsp3) is 1.00. The van der Waals surface area contributed by atoms with E-state index in [2.05, 4.69) is 0 Å². The van der Waals surface area contributed by atoms with Crippen LogP contribution in [-0.2, 0) is 0 Å². The summed E-state index contributed by atoms with van der Waals surface area (Å²) in [6, 6.07) is -0.836. The van der Waals surface area contributed by atoms with Crippen molar-refractivity contribution in [3.8, 4) is 0 Å². The second-order valence-electron chi connectivity index (χ2n) is 1.57. The minimum absolute atomic E-state index is 0. The lowest BCUT2D eigenvalue weighted by molar-refractivity contribution is 0.113. The molecule has 0 radical (unpaired) electrons. The van der Waals surface area contributed by atoms with Gasteiger partial charge in [0.05, 0.1) is 6.04 Å². The quantitative estimate of drug-likeness (QED) is 0.514. The highest BCUT2D eigenvalue weighted by Crippen LogP contribution is 2.39. The van der Waals surface area contributed by atoms with Crippen molar-refractivity contribution in [3.63, 3.8) is 0 Å². The van der Waals surface area contributed by atoms with Crippen LogP contribution in [0.15, 0.2) is 0 Å². The zero-order valence-corrected chi connectivity index (χ0v) is 4.34. The summed E-state index contributed by atoms with van der Waals surface area (Å²) in [5.74, 6) is -2.51. The molecule has 0 amide bonds. The number of rotatable bonds is 0. The largest absolute Gasteiger partial charge is 0.322 e. The van der Waals surface area contributed by atoms with Gasteiger partial charge in [0, 0.05) is 6.42 Å². The first-order valence-electron chi connectivity index (χ1n) is 1.76. The van der Waals surface area contributed by atoms with Crippen LogP contribution in [0.4, 0.5) is 8.78 Å². The summed E-state index contributed by atoms with van der Waals surface area (Å²) in [6.07, 6.45) is -0.118. The van der Waals surface area contributed by atoms with Crippen molar-refractivity contribution < 1.29 is 8.78 Å². The first kappa shape index (κ1) is 7.11. The average molecular weight is 130 g/mol. The standard InChI is InChI=1S/C3H5F2N.ClH/c4-3(5)1-2(3)6;/h2H,1,6H2;1H. The molecule has 1 fully saturated rings. The minimum atomic E-state index is -2.51. The van der Waals surface area contributed by atoms with Gasteiger partial charge in [-0.05, 0) is 0 Å². The third-order valence-corrected chi connectivity index (χ3v) is 0.874. The van der Waals surface area contributed by atoms with Gasteiger partial charge in [0.2, 0.25) is 0 Å². The van der Waals surface area contributed by atoms with Gasteiger partial charge in [-0.3, -0.25) is 0 Å². The van der Waals surface area contributed by atoms with Gasteiger partial charge < -0.3 is 5.73 Å². The molecule has 1 saturated carbocycles. The van der Waals surface area contributed by atoms with E-state index in [4.69, 9.17) is 5.73 Å². The zero-order chi connectivity index (χ0) is 4.78. The summed E-state index contributed by atoms with van der Waals surface area (Å²) in [6.45, 7) is 0. The summed E-state index contributed by atoms with van der Waals surface area (Å²) in [5, 5.41) is 0. The smallest absolute Gasteiger partial charge is 0.264 e. The fourth-order valence-electron chi connectivity index (χ4n) is 0.234. The fourth-order valence-corrected chi connectivity index (χ4v) is 0.234. The molecule has 0 aromatic rings. The van der Waals surface area contributed by atoms with Gasteiger partial charge >= 0.3 is 0 Å². The lowest BCUT2D eigenvalue weighted by Gasteiger charge is -1.82. The van der Waals surface area contributed by atoms with Crippen LogP contribution in [0.25, 0.3) is 0 Å². The van der Waals surface area contributed by atoms with E-state index in [1.54, 1.807) is 0 Å². The van der Waals surface area contributed by atoms with Crippen molar-refractivity contribution in [1.29, 1.82) is 0 Å². The molecule has 0 saturated heterocycles. The van der Waals surface area contributed by atoms with Gasteiger partial charge in [0.15, 0.2) is 0 Å². The predicted octanol–water partition coefficient (Wildman–Crippen LogP) is 0.775. The first-order chi connectivity index (χ1) is 2.63. The molecule has 44 valence electrons. The first-order valence-corrected chi connectivity index (χ1v) is 1.76. The van der Waals surface area contributed by atoms with Gasteiger partial charge in [-0.1, -0.05) is 0 Å². The highest BCUT2D eigenvalue weighted by Gasteiger charge is 2.54. The molecule has 0 bridgehead atoms. The molecular weight excluding hydrogens is 123 g/mol. The zero-order valence-electron chi connectivity index (χ0n) is 3.53. The van der Waals surface area contributed by atoms with Crippen LogP contribution < -0.4 is 5.73 Å². The van der Waals surface area contributed by atoms with Gasteiger partial charge in [0.1, 0.15) is 0 Å². The number of halogens is 3. The maximum Gasteiger partial charge on any atom is 0.264 e. The van der Waals surface area contributed by atoms with Crippen molar-refractivity contribution in [2.24, 2.45) is 5.73 Å². The molecule has 1 unspecified atom stereocenters. The third kappa shape index (κ3) is 1.24. The molecular formula is C3H6ClF2N. The van der Waals surface area contributed by atoms with Crippen molar-refractivity contribution in [2.75, 3.05) is 0 Å². The van der Waals surface area contributed by atoms with Crippen LogP contribution in [0, 0.1) is 0 Å². The van der Waals surface area contributed by atoms with Gasteiger partial charge in [-0.25, -0.2) is 8.78 Å².